The summed E-state index contributed by atoms with van der Waals surface area (Å²) in [6.07, 6.45) is 0. The molecule has 0 spiro atoms. The van der Waals surface area contributed by atoms with Gasteiger partial charge < -0.3 is 10.6 Å². The lowest BCUT2D eigenvalue weighted by Crippen LogP contribution is -2.36. The number of carbonyl (C=O) groups is 2. The van der Waals surface area contributed by atoms with Gasteiger partial charge in [-0.2, -0.15) is 0 Å². The molecule has 2 aromatic carbocycles. The average molecular weight is 295 g/mol. The molecular weight excluding hydrogens is 278 g/mol. The van der Waals surface area contributed by atoms with E-state index in [-0.39, 0.29) is 11.9 Å². The first-order valence-corrected chi connectivity index (χ1v) is 7.18. The highest BCUT2D eigenvalue weighted by Gasteiger charge is 2.46. The molecule has 0 aromatic heterocycles. The topological polar surface area (TPSA) is 66.6 Å². The van der Waals surface area contributed by atoms with E-state index in [4.69, 9.17) is 5.73 Å². The van der Waals surface area contributed by atoms with Gasteiger partial charge >= 0.3 is 6.03 Å². The fraction of sp³-hybridized carbons (Fsp3) is 0.176. The Morgan fingerprint density at radius 3 is 2.09 bits per heavy atom. The van der Waals surface area contributed by atoms with E-state index < -0.39 is 6.04 Å². The Hall–Kier alpha value is -2.66. The Labute approximate surface area is 128 Å². The predicted molar refractivity (Wildman–Crippen MR) is 84.3 cm³/mol. The lowest BCUT2D eigenvalue weighted by atomic mass is 10.1. The van der Waals surface area contributed by atoms with Crippen LogP contribution in [0.2, 0.25) is 0 Å². The normalized spacial score (nSPS) is 18.1. The third-order valence-electron chi connectivity index (χ3n) is 3.70. The van der Waals surface area contributed by atoms with Gasteiger partial charge in [-0.3, -0.25) is 4.79 Å². The summed E-state index contributed by atoms with van der Waals surface area (Å²) < 4.78 is 0. The van der Waals surface area contributed by atoms with Gasteiger partial charge in [-0.1, -0.05) is 48.5 Å². The first-order chi connectivity index (χ1) is 10.7. The van der Waals surface area contributed by atoms with E-state index in [9.17, 15) is 9.59 Å². The van der Waals surface area contributed by atoms with Crippen LogP contribution in [0.15, 0.2) is 60.7 Å². The van der Waals surface area contributed by atoms with Gasteiger partial charge in [-0.05, 0) is 17.7 Å². The van der Waals surface area contributed by atoms with Gasteiger partial charge in [-0.15, -0.1) is 0 Å². The second-order valence-electron chi connectivity index (χ2n) is 5.09. The number of anilines is 1. The van der Waals surface area contributed by atoms with Crippen LogP contribution in [0, 0.1) is 0 Å². The van der Waals surface area contributed by atoms with Crippen molar-refractivity contribution in [2.45, 2.75) is 6.04 Å². The third-order valence-corrected chi connectivity index (χ3v) is 3.70. The molecule has 112 valence electrons. The molecule has 0 saturated carbocycles. The maximum Gasteiger partial charge on any atom is 0.332 e. The van der Waals surface area contributed by atoms with Gasteiger partial charge in [0.2, 0.25) is 0 Å². The Balaban J connectivity index is 2.02. The third kappa shape index (κ3) is 2.35. The number of hydrogen-bond acceptors (Lipinski definition) is 3. The van der Waals surface area contributed by atoms with Crippen molar-refractivity contribution in [3.63, 3.8) is 0 Å². The monoisotopic (exact) mass is 295 g/mol. The molecule has 1 unspecified atom stereocenters. The molecule has 3 rings (SSSR count). The van der Waals surface area contributed by atoms with Crippen molar-refractivity contribution in [3.05, 3.63) is 66.2 Å². The van der Waals surface area contributed by atoms with Gasteiger partial charge in [0.25, 0.3) is 5.91 Å². The number of nitrogens with zero attached hydrogens (tertiary/aromatic N) is 2. The maximum absolute atomic E-state index is 12.8. The quantitative estimate of drug-likeness (QED) is 0.879. The van der Waals surface area contributed by atoms with Gasteiger partial charge in [-0.25, -0.2) is 9.69 Å². The standard InChI is InChI=1S/C17H17N3O2/c18-11-12-19-15(13-7-3-1-4-8-13)16(21)20(17(19)22)14-9-5-2-6-10-14/h1-10,15H,11-12,18H2. The van der Waals surface area contributed by atoms with Crippen molar-refractivity contribution in [2.75, 3.05) is 18.0 Å². The first-order valence-electron chi connectivity index (χ1n) is 7.18. The number of hydrogen-bond donors (Lipinski definition) is 1. The number of rotatable bonds is 4. The molecule has 1 aliphatic heterocycles. The average Bonchev–Trinajstić information content (AvgIpc) is 2.80. The fourth-order valence-electron chi connectivity index (χ4n) is 2.73. The Morgan fingerprint density at radius 1 is 0.909 bits per heavy atom. The van der Waals surface area contributed by atoms with E-state index in [1.165, 1.54) is 9.80 Å². The number of para-hydroxylation sites is 1. The molecule has 2 N–H and O–H groups in total. The predicted octanol–water partition coefficient (Wildman–Crippen LogP) is 2.16. The molecule has 22 heavy (non-hydrogen) atoms. The molecule has 1 fully saturated rings. The summed E-state index contributed by atoms with van der Waals surface area (Å²) in [4.78, 5) is 28.3. The van der Waals surface area contributed by atoms with Crippen LogP contribution in [-0.4, -0.2) is 29.9 Å². The zero-order valence-electron chi connectivity index (χ0n) is 12.1. The lowest BCUT2D eigenvalue weighted by molar-refractivity contribution is -0.119. The smallest absolute Gasteiger partial charge is 0.329 e. The van der Waals surface area contributed by atoms with Gasteiger partial charge in [0.05, 0.1) is 5.69 Å². The van der Waals surface area contributed by atoms with Crippen LogP contribution < -0.4 is 10.6 Å². The summed E-state index contributed by atoms with van der Waals surface area (Å²) in [5, 5.41) is 0. The van der Waals surface area contributed by atoms with Crippen molar-refractivity contribution < 1.29 is 9.59 Å². The molecule has 0 bridgehead atoms. The molecule has 1 heterocycles. The number of benzene rings is 2. The first kappa shape index (κ1) is 14.3. The van der Waals surface area contributed by atoms with Crippen LogP contribution in [0.1, 0.15) is 11.6 Å². The second kappa shape index (κ2) is 5.99. The lowest BCUT2D eigenvalue weighted by Gasteiger charge is -2.21. The zero-order chi connectivity index (χ0) is 15.5. The van der Waals surface area contributed by atoms with Crippen molar-refractivity contribution in [1.82, 2.24) is 4.90 Å². The van der Waals surface area contributed by atoms with Crippen LogP contribution in [0.3, 0.4) is 0 Å². The molecule has 0 radical (unpaired) electrons. The second-order valence-corrected chi connectivity index (χ2v) is 5.09. The summed E-state index contributed by atoms with van der Waals surface area (Å²) >= 11 is 0. The van der Waals surface area contributed by atoms with Crippen LogP contribution >= 0.6 is 0 Å². The van der Waals surface area contributed by atoms with E-state index in [2.05, 4.69) is 0 Å². The minimum atomic E-state index is -0.613. The van der Waals surface area contributed by atoms with Crippen molar-refractivity contribution in [1.29, 1.82) is 0 Å². The number of imide groups is 1. The number of urea groups is 1. The van der Waals surface area contributed by atoms with E-state index in [1.807, 2.05) is 36.4 Å². The zero-order valence-corrected chi connectivity index (χ0v) is 12.1. The van der Waals surface area contributed by atoms with Crippen molar-refractivity contribution in [3.8, 4) is 0 Å². The van der Waals surface area contributed by atoms with E-state index in [0.717, 1.165) is 5.56 Å². The molecule has 5 nitrogen and oxygen atoms in total. The highest BCUT2D eigenvalue weighted by molar-refractivity contribution is 6.21. The van der Waals surface area contributed by atoms with E-state index in [0.29, 0.717) is 18.8 Å². The summed E-state index contributed by atoms with van der Waals surface area (Å²) in [5.41, 5.74) is 7.00. The van der Waals surface area contributed by atoms with Crippen molar-refractivity contribution >= 4 is 17.6 Å². The van der Waals surface area contributed by atoms with Gasteiger partial charge in [0.1, 0.15) is 6.04 Å². The fourth-order valence-corrected chi connectivity index (χ4v) is 2.73. The minimum absolute atomic E-state index is 0.240. The maximum atomic E-state index is 12.8. The molecule has 3 amide bonds. The van der Waals surface area contributed by atoms with Gasteiger partial charge in [0, 0.05) is 13.1 Å². The van der Waals surface area contributed by atoms with Gasteiger partial charge in [0.15, 0.2) is 0 Å². The highest BCUT2D eigenvalue weighted by atomic mass is 16.2. The molecule has 5 heteroatoms. The molecule has 2 aromatic rings. The largest absolute Gasteiger partial charge is 0.332 e. The minimum Gasteiger partial charge on any atom is -0.329 e. The molecule has 0 aliphatic carbocycles. The van der Waals surface area contributed by atoms with E-state index in [1.54, 1.807) is 24.3 Å². The van der Waals surface area contributed by atoms with Crippen LogP contribution in [0.5, 0.6) is 0 Å². The van der Waals surface area contributed by atoms with Crippen LogP contribution in [0.4, 0.5) is 10.5 Å². The Morgan fingerprint density at radius 2 is 1.50 bits per heavy atom. The SMILES string of the molecule is NCCN1C(=O)N(c2ccccc2)C(=O)C1c1ccccc1. The molecule has 1 saturated heterocycles. The molecular formula is C17H17N3O2. The van der Waals surface area contributed by atoms with Crippen LogP contribution in [0.25, 0.3) is 0 Å². The van der Waals surface area contributed by atoms with Crippen LogP contribution in [-0.2, 0) is 4.79 Å². The van der Waals surface area contributed by atoms with E-state index >= 15 is 0 Å². The summed E-state index contributed by atoms with van der Waals surface area (Å²) in [7, 11) is 0. The molecule has 1 aliphatic rings. The highest BCUT2D eigenvalue weighted by Crippen LogP contribution is 2.33. The summed E-state index contributed by atoms with van der Waals surface area (Å²) in [5.74, 6) is -0.240. The number of amides is 3. The Bertz CT molecular complexity index is 673. The Kier molecular flexibility index (Phi) is 3.89. The number of nitrogens with two attached hydrogens (primary N) is 1. The number of carbonyl (C=O) groups excluding carboxylic acids is 2. The summed E-state index contributed by atoms with van der Waals surface area (Å²) in [6.45, 7) is 0.651. The summed E-state index contributed by atoms with van der Waals surface area (Å²) in [6, 6.07) is 17.3. The van der Waals surface area contributed by atoms with Crippen molar-refractivity contribution in [2.24, 2.45) is 5.73 Å². The molecule has 1 atom stereocenters.